The third kappa shape index (κ3) is 1.95. The molecule has 0 aliphatic rings. The molecule has 0 radical (unpaired) electrons. The van der Waals surface area contributed by atoms with Crippen LogP contribution in [0.15, 0.2) is 17.1 Å². The number of rotatable bonds is 2. The molecule has 2 heterocycles. The number of carboxylic acids is 1. The summed E-state index contributed by atoms with van der Waals surface area (Å²) in [6.45, 7) is 0. The van der Waals surface area contributed by atoms with Gasteiger partial charge in [0.2, 0.25) is 0 Å². The minimum atomic E-state index is -1.18. The zero-order valence-electron chi connectivity index (χ0n) is 7.22. The number of carboxylic acid groups (broad SMARTS) is 1. The number of halogens is 1. The van der Waals surface area contributed by atoms with E-state index in [1.807, 2.05) is 0 Å². The molecule has 0 fully saturated rings. The van der Waals surface area contributed by atoms with Gasteiger partial charge in [0.15, 0.2) is 11.5 Å². The van der Waals surface area contributed by atoms with Crippen molar-refractivity contribution in [2.75, 3.05) is 0 Å². The zero-order chi connectivity index (χ0) is 10.8. The van der Waals surface area contributed by atoms with Gasteiger partial charge >= 0.3 is 5.97 Å². The Labute approximate surface area is 93.4 Å². The first-order valence-electron chi connectivity index (χ1n) is 3.83. The van der Waals surface area contributed by atoms with Crippen LogP contribution < -0.4 is 0 Å². The topological polar surface area (TPSA) is 76.0 Å². The second-order valence-corrected chi connectivity index (χ2v) is 3.69. The molecule has 0 saturated carbocycles. The Morgan fingerprint density at radius 1 is 1.47 bits per heavy atom. The Kier molecular flexibility index (Phi) is 2.61. The van der Waals surface area contributed by atoms with E-state index in [1.54, 1.807) is 10.9 Å². The Bertz CT molecular complexity index is 501. The summed E-state index contributed by atoms with van der Waals surface area (Å²) in [6, 6.07) is 0. The van der Waals surface area contributed by atoms with Crippen LogP contribution in [0.2, 0.25) is 5.02 Å². The van der Waals surface area contributed by atoms with Crippen LogP contribution in [-0.4, -0.2) is 26.0 Å². The summed E-state index contributed by atoms with van der Waals surface area (Å²) in [4.78, 5) is 22.4. The van der Waals surface area contributed by atoms with Crippen molar-refractivity contribution in [3.05, 3.63) is 27.8 Å². The van der Waals surface area contributed by atoms with E-state index in [2.05, 4.69) is 15.0 Å². The molecule has 0 aromatic carbocycles. The molecule has 0 saturated heterocycles. The van der Waals surface area contributed by atoms with Crippen molar-refractivity contribution in [3.8, 4) is 11.5 Å². The summed E-state index contributed by atoms with van der Waals surface area (Å²) in [7, 11) is 0. The maximum absolute atomic E-state index is 10.8. The number of hydrogen-bond acceptors (Lipinski definition) is 5. The van der Waals surface area contributed by atoms with Crippen molar-refractivity contribution < 1.29 is 9.90 Å². The Hall–Kier alpha value is -1.53. The van der Waals surface area contributed by atoms with Crippen LogP contribution in [0.4, 0.5) is 0 Å². The molecule has 76 valence electrons. The van der Waals surface area contributed by atoms with Crippen molar-refractivity contribution in [2.45, 2.75) is 0 Å². The van der Waals surface area contributed by atoms with Gasteiger partial charge in [-0.25, -0.2) is 19.7 Å². The summed E-state index contributed by atoms with van der Waals surface area (Å²) in [5.41, 5.74) is 1.95. The van der Waals surface area contributed by atoms with Crippen molar-refractivity contribution in [2.24, 2.45) is 0 Å². The molecule has 0 amide bonds. The SMILES string of the molecule is O=C(O)c1nc(-c2cscn2)ncc1Cl. The number of carbonyl (C=O) groups is 1. The number of nitrogens with zero attached hydrogens (tertiary/aromatic N) is 3. The summed E-state index contributed by atoms with van der Waals surface area (Å²) < 4.78 is 0. The van der Waals surface area contributed by atoms with Crippen LogP contribution in [0.1, 0.15) is 10.5 Å². The first kappa shape index (κ1) is 10.0. The van der Waals surface area contributed by atoms with Crippen molar-refractivity contribution in [3.63, 3.8) is 0 Å². The van der Waals surface area contributed by atoms with Gasteiger partial charge < -0.3 is 5.11 Å². The lowest BCUT2D eigenvalue weighted by Gasteiger charge is -1.99. The van der Waals surface area contributed by atoms with E-state index in [0.29, 0.717) is 5.69 Å². The molecule has 0 bridgehead atoms. The van der Waals surface area contributed by atoms with Gasteiger partial charge in [-0.2, -0.15) is 0 Å². The van der Waals surface area contributed by atoms with Crippen LogP contribution in [0, 0.1) is 0 Å². The largest absolute Gasteiger partial charge is 0.476 e. The number of thiazole rings is 1. The Balaban J connectivity index is 2.52. The quantitative estimate of drug-likeness (QED) is 0.870. The van der Waals surface area contributed by atoms with Crippen LogP contribution in [0.3, 0.4) is 0 Å². The third-order valence-electron chi connectivity index (χ3n) is 1.61. The first-order chi connectivity index (χ1) is 7.18. The lowest BCUT2D eigenvalue weighted by molar-refractivity contribution is 0.0690. The van der Waals surface area contributed by atoms with Crippen molar-refractivity contribution in [1.82, 2.24) is 15.0 Å². The standard InChI is InChI=1S/C8H4ClN3O2S/c9-4-1-10-7(5-2-15-3-11-5)12-6(4)8(13)14/h1-3H,(H,13,14). The molecule has 15 heavy (non-hydrogen) atoms. The number of aromatic carboxylic acids is 1. The van der Waals surface area contributed by atoms with Gasteiger partial charge in [-0.15, -0.1) is 11.3 Å². The molecule has 0 aliphatic heterocycles. The molecule has 1 N–H and O–H groups in total. The van der Waals surface area contributed by atoms with Gasteiger partial charge in [0.1, 0.15) is 5.69 Å². The van der Waals surface area contributed by atoms with Crippen LogP contribution in [0.5, 0.6) is 0 Å². The molecule has 5 nitrogen and oxygen atoms in total. The van der Waals surface area contributed by atoms with E-state index in [0.717, 1.165) is 0 Å². The van der Waals surface area contributed by atoms with Crippen molar-refractivity contribution in [1.29, 1.82) is 0 Å². The highest BCUT2D eigenvalue weighted by Gasteiger charge is 2.13. The molecule has 2 aromatic rings. The van der Waals surface area contributed by atoms with E-state index >= 15 is 0 Å². The summed E-state index contributed by atoms with van der Waals surface area (Å²) >= 11 is 7.01. The van der Waals surface area contributed by atoms with Gasteiger partial charge in [0, 0.05) is 5.38 Å². The van der Waals surface area contributed by atoms with Gasteiger partial charge in [0.25, 0.3) is 0 Å². The highest BCUT2D eigenvalue weighted by Crippen LogP contribution is 2.18. The molecule has 0 aliphatic carbocycles. The Morgan fingerprint density at radius 2 is 2.27 bits per heavy atom. The summed E-state index contributed by atoms with van der Waals surface area (Å²) in [5, 5.41) is 10.5. The number of hydrogen-bond donors (Lipinski definition) is 1. The molecule has 2 rings (SSSR count). The summed E-state index contributed by atoms with van der Waals surface area (Å²) in [6.07, 6.45) is 1.26. The normalized spacial score (nSPS) is 10.2. The highest BCUT2D eigenvalue weighted by molar-refractivity contribution is 7.07. The smallest absolute Gasteiger partial charge is 0.356 e. The lowest BCUT2D eigenvalue weighted by Crippen LogP contribution is -2.04. The third-order valence-corrected chi connectivity index (χ3v) is 2.47. The lowest BCUT2D eigenvalue weighted by atomic mass is 10.3. The molecule has 0 spiro atoms. The van der Waals surface area contributed by atoms with Gasteiger partial charge in [-0.1, -0.05) is 11.6 Å². The van der Waals surface area contributed by atoms with Gasteiger partial charge in [-0.3, -0.25) is 0 Å². The maximum atomic E-state index is 10.8. The minimum absolute atomic E-state index is 0.0153. The molecular weight excluding hydrogens is 238 g/mol. The Morgan fingerprint density at radius 3 is 2.87 bits per heavy atom. The predicted molar refractivity (Wildman–Crippen MR) is 55.1 cm³/mol. The van der Waals surface area contributed by atoms with Gasteiger partial charge in [-0.05, 0) is 0 Å². The minimum Gasteiger partial charge on any atom is -0.476 e. The fraction of sp³-hybridized carbons (Fsp3) is 0. The monoisotopic (exact) mass is 241 g/mol. The molecular formula is C8H4ClN3O2S. The maximum Gasteiger partial charge on any atom is 0.356 e. The average Bonchev–Trinajstić information content (AvgIpc) is 2.71. The van der Waals surface area contributed by atoms with Crippen LogP contribution in [0.25, 0.3) is 11.5 Å². The van der Waals surface area contributed by atoms with Gasteiger partial charge in [0.05, 0.1) is 16.7 Å². The van der Waals surface area contributed by atoms with E-state index in [1.165, 1.54) is 17.5 Å². The van der Waals surface area contributed by atoms with E-state index < -0.39 is 5.97 Å². The molecule has 7 heteroatoms. The fourth-order valence-corrected chi connectivity index (χ4v) is 1.67. The van der Waals surface area contributed by atoms with Crippen molar-refractivity contribution >= 4 is 28.9 Å². The van der Waals surface area contributed by atoms with Crippen LogP contribution in [-0.2, 0) is 0 Å². The number of aromatic nitrogens is 3. The van der Waals surface area contributed by atoms with E-state index in [-0.39, 0.29) is 16.5 Å². The molecule has 2 aromatic heterocycles. The second kappa shape index (κ2) is 3.92. The first-order valence-corrected chi connectivity index (χ1v) is 5.15. The zero-order valence-corrected chi connectivity index (χ0v) is 8.79. The van der Waals surface area contributed by atoms with E-state index in [4.69, 9.17) is 16.7 Å². The molecule has 0 atom stereocenters. The predicted octanol–water partition coefficient (Wildman–Crippen LogP) is 1.95. The second-order valence-electron chi connectivity index (χ2n) is 2.57. The molecule has 0 unspecified atom stereocenters. The van der Waals surface area contributed by atoms with E-state index in [9.17, 15) is 4.79 Å². The van der Waals surface area contributed by atoms with Crippen LogP contribution >= 0.6 is 22.9 Å². The highest BCUT2D eigenvalue weighted by atomic mass is 35.5. The average molecular weight is 242 g/mol. The summed E-state index contributed by atoms with van der Waals surface area (Å²) in [5.74, 6) is -0.920. The fourth-order valence-electron chi connectivity index (χ4n) is 0.963.